The number of anilines is 1. The molecule has 6 heteroatoms. The van der Waals surface area contributed by atoms with Crippen LogP contribution in [0.5, 0.6) is 5.88 Å². The molecule has 0 aliphatic carbocycles. The molecule has 1 unspecified atom stereocenters. The maximum atomic E-state index is 5.67. The Hall–Kier alpha value is -1.40. The van der Waals surface area contributed by atoms with Crippen molar-refractivity contribution in [3.63, 3.8) is 0 Å². The van der Waals surface area contributed by atoms with Crippen LogP contribution in [0.2, 0.25) is 0 Å². The molecule has 0 aromatic carbocycles. The summed E-state index contributed by atoms with van der Waals surface area (Å²) < 4.78 is 5.13. The Morgan fingerprint density at radius 3 is 2.68 bits per heavy atom. The van der Waals surface area contributed by atoms with E-state index in [1.165, 1.54) is 0 Å². The first-order chi connectivity index (χ1) is 9.22. The molecule has 1 saturated heterocycles. The second kappa shape index (κ2) is 6.68. The Morgan fingerprint density at radius 2 is 2.05 bits per heavy atom. The van der Waals surface area contributed by atoms with Crippen molar-refractivity contribution in [3.05, 3.63) is 12.4 Å². The van der Waals surface area contributed by atoms with Gasteiger partial charge in [-0.15, -0.1) is 0 Å². The number of hydrogen-bond donors (Lipinski definition) is 1. The fourth-order valence-corrected chi connectivity index (χ4v) is 2.29. The maximum Gasteiger partial charge on any atom is 0.218 e. The maximum absolute atomic E-state index is 5.67. The van der Waals surface area contributed by atoms with Crippen molar-refractivity contribution in [2.24, 2.45) is 11.7 Å². The summed E-state index contributed by atoms with van der Waals surface area (Å²) in [7, 11) is 1.62. The fourth-order valence-electron chi connectivity index (χ4n) is 2.29. The molecular formula is C13H23N5O. The fraction of sp³-hybridized carbons (Fsp3) is 0.692. The summed E-state index contributed by atoms with van der Waals surface area (Å²) in [6.45, 7) is 8.10. The van der Waals surface area contributed by atoms with E-state index in [0.29, 0.717) is 11.8 Å². The lowest BCUT2D eigenvalue weighted by Gasteiger charge is -2.36. The summed E-state index contributed by atoms with van der Waals surface area (Å²) in [5.41, 5.74) is 5.67. The molecule has 1 atom stereocenters. The SMILES string of the molecule is COc1cc(N2CCN(CC(C)CN)CC2)ncn1. The highest BCUT2D eigenvalue weighted by molar-refractivity contribution is 5.41. The molecule has 6 nitrogen and oxygen atoms in total. The largest absolute Gasteiger partial charge is 0.481 e. The van der Waals surface area contributed by atoms with E-state index < -0.39 is 0 Å². The van der Waals surface area contributed by atoms with E-state index in [0.717, 1.165) is 45.1 Å². The van der Waals surface area contributed by atoms with Crippen molar-refractivity contribution in [3.8, 4) is 5.88 Å². The summed E-state index contributed by atoms with van der Waals surface area (Å²) in [5.74, 6) is 2.12. The average Bonchev–Trinajstić information content (AvgIpc) is 2.48. The molecule has 2 heterocycles. The van der Waals surface area contributed by atoms with Gasteiger partial charge >= 0.3 is 0 Å². The van der Waals surface area contributed by atoms with Gasteiger partial charge in [-0.3, -0.25) is 4.90 Å². The van der Waals surface area contributed by atoms with Crippen LogP contribution < -0.4 is 15.4 Å². The highest BCUT2D eigenvalue weighted by Crippen LogP contribution is 2.17. The number of rotatable bonds is 5. The minimum Gasteiger partial charge on any atom is -0.481 e. The van der Waals surface area contributed by atoms with Crippen LogP contribution in [0.3, 0.4) is 0 Å². The van der Waals surface area contributed by atoms with E-state index >= 15 is 0 Å². The van der Waals surface area contributed by atoms with Gasteiger partial charge in [-0.05, 0) is 12.5 Å². The van der Waals surface area contributed by atoms with Gasteiger partial charge in [-0.1, -0.05) is 6.92 Å². The van der Waals surface area contributed by atoms with Gasteiger partial charge in [0.1, 0.15) is 12.1 Å². The topological polar surface area (TPSA) is 67.5 Å². The minimum absolute atomic E-state index is 0.561. The van der Waals surface area contributed by atoms with Gasteiger partial charge in [0.25, 0.3) is 0 Å². The standard InChI is InChI=1S/C13H23N5O/c1-11(8-14)9-17-3-5-18(6-4-17)12-7-13(19-2)16-10-15-12/h7,10-11H,3-6,8-9,14H2,1-2H3. The van der Waals surface area contributed by atoms with Crippen molar-refractivity contribution < 1.29 is 4.74 Å². The Balaban J connectivity index is 1.88. The monoisotopic (exact) mass is 265 g/mol. The smallest absolute Gasteiger partial charge is 0.218 e. The normalized spacial score (nSPS) is 18.4. The molecule has 106 valence electrons. The van der Waals surface area contributed by atoms with Crippen LogP contribution in [-0.2, 0) is 0 Å². The Bertz CT molecular complexity index is 392. The number of aromatic nitrogens is 2. The van der Waals surface area contributed by atoms with Crippen LogP contribution >= 0.6 is 0 Å². The van der Waals surface area contributed by atoms with Crippen LogP contribution in [0, 0.1) is 5.92 Å². The molecule has 0 radical (unpaired) electrons. The number of hydrogen-bond acceptors (Lipinski definition) is 6. The summed E-state index contributed by atoms with van der Waals surface area (Å²) in [6.07, 6.45) is 1.55. The molecule has 0 saturated carbocycles. The number of methoxy groups -OCH3 is 1. The van der Waals surface area contributed by atoms with E-state index in [1.807, 2.05) is 6.07 Å². The zero-order valence-corrected chi connectivity index (χ0v) is 11.7. The van der Waals surface area contributed by atoms with Crippen molar-refractivity contribution in [2.75, 3.05) is 51.3 Å². The van der Waals surface area contributed by atoms with Crippen molar-refractivity contribution in [1.29, 1.82) is 0 Å². The highest BCUT2D eigenvalue weighted by atomic mass is 16.5. The Kier molecular flexibility index (Phi) is 4.93. The lowest BCUT2D eigenvalue weighted by molar-refractivity contribution is 0.226. The molecule has 1 aliphatic heterocycles. The summed E-state index contributed by atoms with van der Waals surface area (Å²) in [5, 5.41) is 0. The molecule has 0 spiro atoms. The van der Waals surface area contributed by atoms with Crippen LogP contribution in [0.25, 0.3) is 0 Å². The molecular weight excluding hydrogens is 242 g/mol. The number of ether oxygens (including phenoxy) is 1. The van der Waals surface area contributed by atoms with E-state index in [4.69, 9.17) is 10.5 Å². The van der Waals surface area contributed by atoms with Crippen LogP contribution in [0.1, 0.15) is 6.92 Å². The van der Waals surface area contributed by atoms with Crippen LogP contribution in [0.15, 0.2) is 12.4 Å². The molecule has 0 bridgehead atoms. The van der Waals surface area contributed by atoms with Gasteiger partial charge in [-0.2, -0.15) is 0 Å². The van der Waals surface area contributed by atoms with Crippen LogP contribution in [-0.4, -0.2) is 61.2 Å². The third-order valence-corrected chi connectivity index (χ3v) is 3.51. The van der Waals surface area contributed by atoms with E-state index in [1.54, 1.807) is 13.4 Å². The first-order valence-electron chi connectivity index (χ1n) is 6.76. The number of piperazine rings is 1. The molecule has 19 heavy (non-hydrogen) atoms. The van der Waals surface area contributed by atoms with Gasteiger partial charge in [0.15, 0.2) is 0 Å². The summed E-state index contributed by atoms with van der Waals surface area (Å²) in [4.78, 5) is 13.1. The number of nitrogens with two attached hydrogens (primary N) is 1. The van der Waals surface area contributed by atoms with Gasteiger partial charge in [0.05, 0.1) is 7.11 Å². The quantitative estimate of drug-likeness (QED) is 0.820. The van der Waals surface area contributed by atoms with Gasteiger partial charge in [-0.25, -0.2) is 9.97 Å². The lowest BCUT2D eigenvalue weighted by Crippen LogP contribution is -2.48. The molecule has 0 amide bonds. The molecule has 1 aliphatic rings. The van der Waals surface area contributed by atoms with Crippen molar-refractivity contribution in [2.45, 2.75) is 6.92 Å². The molecule has 1 aromatic rings. The number of nitrogens with zero attached hydrogens (tertiary/aromatic N) is 4. The van der Waals surface area contributed by atoms with Gasteiger partial charge in [0.2, 0.25) is 5.88 Å². The van der Waals surface area contributed by atoms with Crippen molar-refractivity contribution in [1.82, 2.24) is 14.9 Å². The zero-order valence-electron chi connectivity index (χ0n) is 11.7. The predicted octanol–water partition coefficient (Wildman–Crippen LogP) is 0.202. The lowest BCUT2D eigenvalue weighted by atomic mass is 10.1. The molecule has 1 aromatic heterocycles. The van der Waals surface area contributed by atoms with Gasteiger partial charge < -0.3 is 15.4 Å². The second-order valence-corrected chi connectivity index (χ2v) is 5.05. The summed E-state index contributed by atoms with van der Waals surface area (Å²) in [6, 6.07) is 1.89. The Morgan fingerprint density at radius 1 is 1.32 bits per heavy atom. The molecule has 2 rings (SSSR count). The average molecular weight is 265 g/mol. The highest BCUT2D eigenvalue weighted by Gasteiger charge is 2.19. The third-order valence-electron chi connectivity index (χ3n) is 3.51. The van der Waals surface area contributed by atoms with E-state index in [9.17, 15) is 0 Å². The minimum atomic E-state index is 0.561. The second-order valence-electron chi connectivity index (χ2n) is 5.05. The van der Waals surface area contributed by atoms with Crippen molar-refractivity contribution >= 4 is 5.82 Å². The van der Waals surface area contributed by atoms with Gasteiger partial charge in [0, 0.05) is 38.8 Å². The summed E-state index contributed by atoms with van der Waals surface area (Å²) >= 11 is 0. The molecule has 1 fully saturated rings. The molecule has 2 N–H and O–H groups in total. The first kappa shape index (κ1) is 14.0. The third kappa shape index (κ3) is 3.78. The predicted molar refractivity (Wildman–Crippen MR) is 75.5 cm³/mol. The van der Waals surface area contributed by atoms with Crippen LogP contribution in [0.4, 0.5) is 5.82 Å². The van der Waals surface area contributed by atoms with E-state index in [-0.39, 0.29) is 0 Å². The first-order valence-corrected chi connectivity index (χ1v) is 6.76. The van der Waals surface area contributed by atoms with E-state index in [2.05, 4.69) is 26.7 Å². The zero-order chi connectivity index (χ0) is 13.7. The Labute approximate surface area is 114 Å².